The van der Waals surface area contributed by atoms with Crippen LogP contribution in [-0.2, 0) is 0 Å². The zero-order chi connectivity index (χ0) is 11.0. The Hall–Kier alpha value is -1.77. The van der Waals surface area contributed by atoms with Gasteiger partial charge in [-0.25, -0.2) is 4.98 Å². The molecule has 1 heterocycles. The number of nitrogens with one attached hydrogen (secondary N) is 1. The third-order valence-corrected chi connectivity index (χ3v) is 2.93. The molecule has 1 aromatic carbocycles. The van der Waals surface area contributed by atoms with E-state index in [1.54, 1.807) is 0 Å². The molecule has 0 aliphatic heterocycles. The third kappa shape index (κ3) is 1.69. The summed E-state index contributed by atoms with van der Waals surface area (Å²) in [6, 6.07) is 8.99. The van der Waals surface area contributed by atoms with Crippen molar-refractivity contribution >= 4 is 5.95 Å². The van der Waals surface area contributed by atoms with Crippen LogP contribution in [0.5, 0.6) is 0 Å². The molecule has 0 spiro atoms. The van der Waals surface area contributed by atoms with Crippen LogP contribution in [0.25, 0.3) is 5.69 Å². The third-order valence-electron chi connectivity index (χ3n) is 2.93. The molecule has 0 saturated heterocycles. The second-order valence-electron chi connectivity index (χ2n) is 4.33. The van der Waals surface area contributed by atoms with Gasteiger partial charge in [-0.2, -0.15) is 0 Å². The van der Waals surface area contributed by atoms with Crippen molar-refractivity contribution in [3.05, 3.63) is 42.2 Å². The summed E-state index contributed by atoms with van der Waals surface area (Å²) in [6.07, 6.45) is 6.38. The van der Waals surface area contributed by atoms with Crippen LogP contribution in [0.2, 0.25) is 0 Å². The van der Waals surface area contributed by atoms with Crippen LogP contribution in [-0.4, -0.2) is 15.6 Å². The van der Waals surface area contributed by atoms with Crippen LogP contribution in [0.3, 0.4) is 0 Å². The molecule has 0 bridgehead atoms. The molecular weight excluding hydrogens is 198 g/mol. The highest BCUT2D eigenvalue weighted by atomic mass is 15.2. The zero-order valence-corrected chi connectivity index (χ0v) is 9.35. The molecule has 0 unspecified atom stereocenters. The van der Waals surface area contributed by atoms with Crippen molar-refractivity contribution in [3.63, 3.8) is 0 Å². The fourth-order valence-electron chi connectivity index (χ4n) is 1.85. The molecule has 3 heteroatoms. The molecule has 0 radical (unpaired) electrons. The minimum atomic E-state index is 0.630. The van der Waals surface area contributed by atoms with E-state index in [0.717, 1.165) is 5.95 Å². The van der Waals surface area contributed by atoms with Crippen molar-refractivity contribution in [2.24, 2.45) is 0 Å². The highest BCUT2D eigenvalue weighted by Gasteiger charge is 2.22. The molecule has 0 atom stereocenters. The molecule has 1 aliphatic rings. The van der Waals surface area contributed by atoms with E-state index in [1.807, 2.05) is 12.4 Å². The van der Waals surface area contributed by atoms with E-state index in [9.17, 15) is 0 Å². The van der Waals surface area contributed by atoms with E-state index in [0.29, 0.717) is 6.04 Å². The molecule has 1 fully saturated rings. The van der Waals surface area contributed by atoms with Crippen molar-refractivity contribution in [1.29, 1.82) is 0 Å². The quantitative estimate of drug-likeness (QED) is 0.849. The van der Waals surface area contributed by atoms with Crippen molar-refractivity contribution in [1.82, 2.24) is 9.55 Å². The fourth-order valence-corrected chi connectivity index (χ4v) is 1.85. The summed E-state index contributed by atoms with van der Waals surface area (Å²) in [5.74, 6) is 0.955. The van der Waals surface area contributed by atoms with Gasteiger partial charge < -0.3 is 5.32 Å². The highest BCUT2D eigenvalue weighted by molar-refractivity contribution is 5.47. The predicted molar refractivity (Wildman–Crippen MR) is 64.9 cm³/mol. The molecule has 1 aliphatic carbocycles. The number of imidazole rings is 1. The molecule has 1 saturated carbocycles. The summed E-state index contributed by atoms with van der Waals surface area (Å²) >= 11 is 0. The van der Waals surface area contributed by atoms with Gasteiger partial charge in [0.25, 0.3) is 0 Å². The van der Waals surface area contributed by atoms with Crippen LogP contribution in [0.4, 0.5) is 5.95 Å². The average Bonchev–Trinajstić information content (AvgIpc) is 2.97. The molecule has 0 amide bonds. The predicted octanol–water partition coefficient (Wildman–Crippen LogP) is 2.76. The first kappa shape index (κ1) is 9.46. The summed E-state index contributed by atoms with van der Waals surface area (Å²) < 4.78 is 2.12. The summed E-state index contributed by atoms with van der Waals surface area (Å²) in [7, 11) is 0. The van der Waals surface area contributed by atoms with Gasteiger partial charge in [-0.3, -0.25) is 4.57 Å². The summed E-state index contributed by atoms with van der Waals surface area (Å²) in [6.45, 7) is 2.12. The largest absolute Gasteiger partial charge is 0.353 e. The number of hydrogen-bond donors (Lipinski definition) is 1. The van der Waals surface area contributed by atoms with Gasteiger partial charge in [-0.05, 0) is 31.4 Å². The molecule has 1 aromatic heterocycles. The van der Waals surface area contributed by atoms with Gasteiger partial charge >= 0.3 is 0 Å². The molecular formula is C13H15N3. The lowest BCUT2D eigenvalue weighted by Crippen LogP contribution is -2.08. The fraction of sp³-hybridized carbons (Fsp3) is 0.308. The SMILES string of the molecule is Cc1ccccc1-n1ccnc1NC1CC1. The Kier molecular flexibility index (Phi) is 2.17. The van der Waals surface area contributed by atoms with Gasteiger partial charge in [0, 0.05) is 18.4 Å². The molecule has 1 N–H and O–H groups in total. The topological polar surface area (TPSA) is 29.9 Å². The number of aryl methyl sites for hydroxylation is 1. The second-order valence-corrected chi connectivity index (χ2v) is 4.33. The Balaban J connectivity index is 1.99. The van der Waals surface area contributed by atoms with Gasteiger partial charge in [0.05, 0.1) is 5.69 Å². The van der Waals surface area contributed by atoms with Crippen LogP contribution >= 0.6 is 0 Å². The van der Waals surface area contributed by atoms with E-state index in [-0.39, 0.29) is 0 Å². The van der Waals surface area contributed by atoms with Gasteiger partial charge in [0.1, 0.15) is 0 Å². The molecule has 3 rings (SSSR count). The number of hydrogen-bond acceptors (Lipinski definition) is 2. The first-order valence-electron chi connectivity index (χ1n) is 5.70. The maximum absolute atomic E-state index is 4.37. The first-order chi connectivity index (χ1) is 7.84. The van der Waals surface area contributed by atoms with Crippen LogP contribution in [0.15, 0.2) is 36.7 Å². The number of para-hydroxylation sites is 1. The van der Waals surface area contributed by atoms with Crippen LogP contribution in [0, 0.1) is 6.92 Å². The summed E-state index contributed by atoms with van der Waals surface area (Å²) in [4.78, 5) is 4.37. The van der Waals surface area contributed by atoms with E-state index < -0.39 is 0 Å². The maximum Gasteiger partial charge on any atom is 0.207 e. The lowest BCUT2D eigenvalue weighted by atomic mass is 10.2. The minimum Gasteiger partial charge on any atom is -0.353 e. The lowest BCUT2D eigenvalue weighted by Gasteiger charge is -2.11. The number of nitrogens with zero attached hydrogens (tertiary/aromatic N) is 2. The van der Waals surface area contributed by atoms with E-state index in [4.69, 9.17) is 0 Å². The van der Waals surface area contributed by atoms with Crippen LogP contribution in [0.1, 0.15) is 18.4 Å². The van der Waals surface area contributed by atoms with Crippen molar-refractivity contribution < 1.29 is 0 Å². The van der Waals surface area contributed by atoms with Gasteiger partial charge in [-0.15, -0.1) is 0 Å². The second kappa shape index (κ2) is 3.67. The molecule has 82 valence electrons. The van der Waals surface area contributed by atoms with Crippen molar-refractivity contribution in [3.8, 4) is 5.69 Å². The molecule has 3 nitrogen and oxygen atoms in total. The summed E-state index contributed by atoms with van der Waals surface area (Å²) in [5, 5.41) is 3.44. The number of aromatic nitrogens is 2. The van der Waals surface area contributed by atoms with Gasteiger partial charge in [-0.1, -0.05) is 18.2 Å². The number of rotatable bonds is 3. The van der Waals surface area contributed by atoms with Crippen molar-refractivity contribution in [2.45, 2.75) is 25.8 Å². The van der Waals surface area contributed by atoms with Crippen LogP contribution < -0.4 is 5.32 Å². The van der Waals surface area contributed by atoms with Crippen molar-refractivity contribution in [2.75, 3.05) is 5.32 Å². The minimum absolute atomic E-state index is 0.630. The number of benzene rings is 1. The Morgan fingerprint density at radius 3 is 2.88 bits per heavy atom. The first-order valence-corrected chi connectivity index (χ1v) is 5.70. The molecule has 2 aromatic rings. The van der Waals surface area contributed by atoms with E-state index >= 15 is 0 Å². The summed E-state index contributed by atoms with van der Waals surface area (Å²) in [5.41, 5.74) is 2.46. The maximum atomic E-state index is 4.37. The average molecular weight is 213 g/mol. The van der Waals surface area contributed by atoms with E-state index in [2.05, 4.69) is 46.1 Å². The Morgan fingerprint density at radius 1 is 1.31 bits per heavy atom. The Bertz CT molecular complexity index is 497. The number of anilines is 1. The van der Waals surface area contributed by atoms with E-state index in [1.165, 1.54) is 24.1 Å². The lowest BCUT2D eigenvalue weighted by molar-refractivity contribution is 0.994. The zero-order valence-electron chi connectivity index (χ0n) is 9.35. The van der Waals surface area contributed by atoms with Gasteiger partial charge in [0.15, 0.2) is 0 Å². The van der Waals surface area contributed by atoms with Gasteiger partial charge in [0.2, 0.25) is 5.95 Å². The smallest absolute Gasteiger partial charge is 0.207 e. The Morgan fingerprint density at radius 2 is 2.12 bits per heavy atom. The highest BCUT2D eigenvalue weighted by Crippen LogP contribution is 2.25. The monoisotopic (exact) mass is 213 g/mol. The Labute approximate surface area is 95.1 Å². The normalized spacial score (nSPS) is 15.1. The molecule has 16 heavy (non-hydrogen) atoms. The standard InChI is InChI=1S/C13H15N3/c1-10-4-2-3-5-12(10)16-9-8-14-13(16)15-11-6-7-11/h2-5,8-9,11H,6-7H2,1H3,(H,14,15).